The molecule has 3 N–H and O–H groups in total. The van der Waals surface area contributed by atoms with Gasteiger partial charge in [-0.25, -0.2) is 0 Å². The molecule has 0 atom stereocenters. The highest BCUT2D eigenvalue weighted by Gasteiger charge is 2.26. The molecule has 1 amide bonds. The van der Waals surface area contributed by atoms with E-state index in [1.54, 1.807) is 32.0 Å². The minimum Gasteiger partial charge on any atom is -0.454 e. The van der Waals surface area contributed by atoms with Gasteiger partial charge in [0.1, 0.15) is 0 Å². The second kappa shape index (κ2) is 5.46. The molecule has 0 aliphatic carbocycles. The van der Waals surface area contributed by atoms with Crippen molar-refractivity contribution in [2.45, 2.75) is 13.8 Å². The molecule has 0 fully saturated rings. The molecule has 1 heterocycles. The molecule has 0 radical (unpaired) electrons. The van der Waals surface area contributed by atoms with E-state index in [0.29, 0.717) is 23.7 Å². The van der Waals surface area contributed by atoms with Crippen molar-refractivity contribution in [3.05, 3.63) is 18.2 Å². The van der Waals surface area contributed by atoms with Crippen LogP contribution in [0.4, 0.5) is 5.69 Å². The van der Waals surface area contributed by atoms with Crippen LogP contribution in [0.15, 0.2) is 18.2 Å². The van der Waals surface area contributed by atoms with Crippen LogP contribution < -0.4 is 20.5 Å². The van der Waals surface area contributed by atoms with E-state index in [0.717, 1.165) is 0 Å². The van der Waals surface area contributed by atoms with Crippen LogP contribution in [0.3, 0.4) is 0 Å². The van der Waals surface area contributed by atoms with E-state index in [4.69, 9.17) is 15.2 Å². The van der Waals surface area contributed by atoms with Crippen LogP contribution in [0.2, 0.25) is 0 Å². The Balaban J connectivity index is 0.00000162. The Bertz CT molecular complexity index is 449. The number of hydrogen-bond donors (Lipinski definition) is 2. The van der Waals surface area contributed by atoms with Gasteiger partial charge in [0.05, 0.1) is 5.41 Å². The summed E-state index contributed by atoms with van der Waals surface area (Å²) >= 11 is 0. The summed E-state index contributed by atoms with van der Waals surface area (Å²) in [6, 6.07) is 5.29. The number of carbonyl (C=O) groups excluding carboxylic acids is 1. The molecule has 18 heavy (non-hydrogen) atoms. The number of rotatable bonds is 3. The molecule has 6 heteroatoms. The highest BCUT2D eigenvalue weighted by Crippen LogP contribution is 2.34. The number of fused-ring (bicyclic) bond motifs is 1. The van der Waals surface area contributed by atoms with Crippen LogP contribution in [0.25, 0.3) is 0 Å². The summed E-state index contributed by atoms with van der Waals surface area (Å²) in [5, 5.41) is 2.81. The molecule has 1 aliphatic rings. The van der Waals surface area contributed by atoms with Gasteiger partial charge in [-0.05, 0) is 26.0 Å². The van der Waals surface area contributed by atoms with Gasteiger partial charge >= 0.3 is 0 Å². The normalized spacial score (nSPS) is 12.8. The minimum absolute atomic E-state index is 0. The first-order valence-electron chi connectivity index (χ1n) is 5.44. The molecule has 0 saturated carbocycles. The fourth-order valence-electron chi connectivity index (χ4n) is 1.37. The van der Waals surface area contributed by atoms with Crippen LogP contribution in [0, 0.1) is 5.41 Å². The summed E-state index contributed by atoms with van der Waals surface area (Å²) in [7, 11) is 0. The third-order valence-electron chi connectivity index (χ3n) is 2.76. The topological polar surface area (TPSA) is 73.6 Å². The van der Waals surface area contributed by atoms with Gasteiger partial charge in [0.25, 0.3) is 0 Å². The van der Waals surface area contributed by atoms with Crippen molar-refractivity contribution in [1.82, 2.24) is 0 Å². The van der Waals surface area contributed by atoms with Crippen molar-refractivity contribution in [3.63, 3.8) is 0 Å². The maximum atomic E-state index is 11.9. The van der Waals surface area contributed by atoms with Crippen LogP contribution in [0.1, 0.15) is 13.8 Å². The van der Waals surface area contributed by atoms with Gasteiger partial charge in [-0.15, -0.1) is 12.4 Å². The molecule has 1 aliphatic heterocycles. The third kappa shape index (κ3) is 2.86. The average Bonchev–Trinajstić information content (AvgIpc) is 2.76. The number of nitrogens with one attached hydrogen (secondary N) is 1. The molecule has 1 aromatic rings. The first-order chi connectivity index (χ1) is 8.03. The highest BCUT2D eigenvalue weighted by molar-refractivity contribution is 5.95. The number of benzene rings is 1. The molecular weight excluding hydrogens is 256 g/mol. The number of hydrogen-bond acceptors (Lipinski definition) is 4. The largest absolute Gasteiger partial charge is 0.454 e. The van der Waals surface area contributed by atoms with E-state index in [9.17, 15) is 4.79 Å². The molecule has 0 bridgehead atoms. The van der Waals surface area contributed by atoms with Crippen molar-refractivity contribution in [2.24, 2.45) is 11.1 Å². The molecule has 0 spiro atoms. The van der Waals surface area contributed by atoms with Gasteiger partial charge in [-0.2, -0.15) is 0 Å². The Morgan fingerprint density at radius 1 is 1.39 bits per heavy atom. The Morgan fingerprint density at radius 3 is 2.72 bits per heavy atom. The van der Waals surface area contributed by atoms with Crippen molar-refractivity contribution < 1.29 is 14.3 Å². The van der Waals surface area contributed by atoms with E-state index in [1.165, 1.54) is 0 Å². The van der Waals surface area contributed by atoms with Crippen molar-refractivity contribution in [1.29, 1.82) is 0 Å². The SMILES string of the molecule is CC(C)(CN)C(=O)Nc1ccc2c(c1)OCO2.Cl. The number of carbonyl (C=O) groups is 1. The van der Waals surface area contributed by atoms with Crippen molar-refractivity contribution in [3.8, 4) is 11.5 Å². The summed E-state index contributed by atoms with van der Waals surface area (Å²) in [5.41, 5.74) is 5.64. The van der Waals surface area contributed by atoms with E-state index in [2.05, 4.69) is 5.32 Å². The lowest BCUT2D eigenvalue weighted by Crippen LogP contribution is -2.37. The van der Waals surface area contributed by atoms with Crippen molar-refractivity contribution >= 4 is 24.0 Å². The zero-order chi connectivity index (χ0) is 12.5. The zero-order valence-corrected chi connectivity index (χ0v) is 11.2. The molecular formula is C12H17ClN2O3. The first-order valence-corrected chi connectivity index (χ1v) is 5.44. The second-order valence-corrected chi connectivity index (χ2v) is 4.61. The Morgan fingerprint density at radius 2 is 2.06 bits per heavy atom. The predicted octanol–water partition coefficient (Wildman–Crippen LogP) is 1.76. The van der Waals surface area contributed by atoms with Gasteiger partial charge in [0, 0.05) is 18.3 Å². The van der Waals surface area contributed by atoms with Crippen LogP contribution in [0.5, 0.6) is 11.5 Å². The maximum absolute atomic E-state index is 11.9. The molecule has 0 saturated heterocycles. The maximum Gasteiger partial charge on any atom is 0.231 e. The summed E-state index contributed by atoms with van der Waals surface area (Å²) < 4.78 is 10.4. The van der Waals surface area contributed by atoms with Crippen molar-refractivity contribution in [2.75, 3.05) is 18.7 Å². The first kappa shape index (κ1) is 14.6. The number of nitrogens with two attached hydrogens (primary N) is 1. The quantitative estimate of drug-likeness (QED) is 0.879. The second-order valence-electron chi connectivity index (χ2n) is 4.61. The van der Waals surface area contributed by atoms with Gasteiger partial charge in [-0.1, -0.05) is 0 Å². The number of amides is 1. The Labute approximate surface area is 112 Å². The van der Waals surface area contributed by atoms with E-state index < -0.39 is 5.41 Å². The standard InChI is InChI=1S/C12H16N2O3.ClH/c1-12(2,6-13)11(15)14-8-3-4-9-10(5-8)17-7-16-9;/h3-5H,6-7,13H2,1-2H3,(H,14,15);1H. The van der Waals surface area contributed by atoms with Gasteiger partial charge < -0.3 is 20.5 Å². The fourth-order valence-corrected chi connectivity index (χ4v) is 1.37. The van der Waals surface area contributed by atoms with Crippen LogP contribution >= 0.6 is 12.4 Å². The molecule has 0 aromatic heterocycles. The average molecular weight is 273 g/mol. The predicted molar refractivity (Wildman–Crippen MR) is 71.3 cm³/mol. The molecule has 0 unspecified atom stereocenters. The molecule has 100 valence electrons. The van der Waals surface area contributed by atoms with Crippen LogP contribution in [-0.4, -0.2) is 19.2 Å². The summed E-state index contributed by atoms with van der Waals surface area (Å²) in [5.74, 6) is 1.23. The lowest BCUT2D eigenvalue weighted by atomic mass is 9.92. The lowest BCUT2D eigenvalue weighted by molar-refractivity contribution is -0.123. The third-order valence-corrected chi connectivity index (χ3v) is 2.76. The monoisotopic (exact) mass is 272 g/mol. The van der Waals surface area contributed by atoms with E-state index >= 15 is 0 Å². The molecule has 1 aromatic carbocycles. The Kier molecular flexibility index (Phi) is 4.43. The van der Waals surface area contributed by atoms with Crippen LogP contribution in [-0.2, 0) is 4.79 Å². The zero-order valence-electron chi connectivity index (χ0n) is 10.4. The molecule has 2 rings (SSSR count). The summed E-state index contributed by atoms with van der Waals surface area (Å²) in [4.78, 5) is 11.9. The van der Waals surface area contributed by atoms with Gasteiger partial charge in [0.15, 0.2) is 11.5 Å². The smallest absolute Gasteiger partial charge is 0.231 e. The number of halogens is 1. The van der Waals surface area contributed by atoms with E-state index in [1.807, 2.05) is 0 Å². The minimum atomic E-state index is -0.587. The summed E-state index contributed by atoms with van der Waals surface area (Å²) in [6.07, 6.45) is 0. The molecule has 5 nitrogen and oxygen atoms in total. The number of anilines is 1. The fraction of sp³-hybridized carbons (Fsp3) is 0.417. The van der Waals surface area contributed by atoms with Gasteiger partial charge in [0.2, 0.25) is 12.7 Å². The summed E-state index contributed by atoms with van der Waals surface area (Å²) in [6.45, 7) is 4.12. The van der Waals surface area contributed by atoms with E-state index in [-0.39, 0.29) is 25.1 Å². The lowest BCUT2D eigenvalue weighted by Gasteiger charge is -2.21. The highest BCUT2D eigenvalue weighted by atomic mass is 35.5. The number of ether oxygens (including phenoxy) is 2. The van der Waals surface area contributed by atoms with Gasteiger partial charge in [-0.3, -0.25) is 4.79 Å². The Hall–Kier alpha value is -1.46.